The van der Waals surface area contributed by atoms with Crippen molar-refractivity contribution in [2.24, 2.45) is 5.92 Å². The lowest BCUT2D eigenvalue weighted by atomic mass is 9.90. The normalized spacial score (nSPS) is 15.8. The van der Waals surface area contributed by atoms with Gasteiger partial charge in [-0.05, 0) is 71.6 Å². The third kappa shape index (κ3) is 4.97. The van der Waals surface area contributed by atoms with Crippen LogP contribution in [0.4, 0.5) is 0 Å². The van der Waals surface area contributed by atoms with Crippen molar-refractivity contribution in [2.45, 2.75) is 25.5 Å². The fourth-order valence-electron chi connectivity index (χ4n) is 4.91. The fourth-order valence-corrected chi connectivity index (χ4v) is 4.91. The molecule has 0 spiro atoms. The van der Waals surface area contributed by atoms with E-state index < -0.39 is 5.97 Å². The molecule has 1 aliphatic heterocycles. The molecule has 4 heteroatoms. The first-order chi connectivity index (χ1) is 16.7. The SMILES string of the molecule is O=C(O)C1CCN(C(c2cccc(OCc3ccccc3)c2)c2ccc3ccccc3c2)CC1. The lowest BCUT2D eigenvalue weighted by molar-refractivity contribution is -0.143. The van der Waals surface area contributed by atoms with Crippen LogP contribution in [0.5, 0.6) is 5.75 Å². The summed E-state index contributed by atoms with van der Waals surface area (Å²) in [6, 6.07) is 33.6. The summed E-state index contributed by atoms with van der Waals surface area (Å²) in [7, 11) is 0. The first kappa shape index (κ1) is 22.2. The molecule has 1 N–H and O–H groups in total. The Balaban J connectivity index is 1.46. The monoisotopic (exact) mass is 451 g/mol. The molecule has 172 valence electrons. The molecule has 1 unspecified atom stereocenters. The molecule has 4 aromatic rings. The third-order valence-electron chi connectivity index (χ3n) is 6.76. The molecular weight excluding hydrogens is 422 g/mol. The maximum Gasteiger partial charge on any atom is 0.306 e. The Kier molecular flexibility index (Phi) is 6.59. The van der Waals surface area contributed by atoms with Gasteiger partial charge in [0, 0.05) is 0 Å². The van der Waals surface area contributed by atoms with Crippen LogP contribution >= 0.6 is 0 Å². The molecule has 5 rings (SSSR count). The van der Waals surface area contributed by atoms with Gasteiger partial charge in [-0.1, -0.05) is 78.9 Å². The Labute approximate surface area is 200 Å². The average Bonchev–Trinajstić information content (AvgIpc) is 2.89. The molecule has 0 aliphatic carbocycles. The smallest absolute Gasteiger partial charge is 0.306 e. The van der Waals surface area contributed by atoms with E-state index in [1.54, 1.807) is 0 Å². The van der Waals surface area contributed by atoms with Gasteiger partial charge in [-0.2, -0.15) is 0 Å². The molecule has 4 nitrogen and oxygen atoms in total. The molecule has 0 amide bonds. The van der Waals surface area contributed by atoms with Crippen LogP contribution in [0.15, 0.2) is 97.1 Å². The number of aliphatic carboxylic acids is 1. The molecular formula is C30H29NO3. The lowest BCUT2D eigenvalue weighted by Crippen LogP contribution is -2.39. The first-order valence-corrected chi connectivity index (χ1v) is 11.9. The van der Waals surface area contributed by atoms with Crippen molar-refractivity contribution < 1.29 is 14.6 Å². The van der Waals surface area contributed by atoms with Crippen LogP contribution in [0.25, 0.3) is 10.8 Å². The minimum atomic E-state index is -0.682. The van der Waals surface area contributed by atoms with Crippen LogP contribution in [-0.2, 0) is 11.4 Å². The van der Waals surface area contributed by atoms with Crippen molar-refractivity contribution in [3.63, 3.8) is 0 Å². The molecule has 0 saturated carbocycles. The van der Waals surface area contributed by atoms with E-state index in [0.29, 0.717) is 19.4 Å². The number of fused-ring (bicyclic) bond motifs is 1. The highest BCUT2D eigenvalue weighted by Gasteiger charge is 2.30. The summed E-state index contributed by atoms with van der Waals surface area (Å²) >= 11 is 0. The van der Waals surface area contributed by atoms with E-state index in [-0.39, 0.29) is 12.0 Å². The Morgan fingerprint density at radius 1 is 0.824 bits per heavy atom. The second kappa shape index (κ2) is 10.1. The van der Waals surface area contributed by atoms with E-state index in [0.717, 1.165) is 30.0 Å². The average molecular weight is 452 g/mol. The summed E-state index contributed by atoms with van der Waals surface area (Å²) in [6.45, 7) is 2.03. The number of carboxylic acids is 1. The van der Waals surface area contributed by atoms with Crippen molar-refractivity contribution >= 4 is 16.7 Å². The van der Waals surface area contributed by atoms with E-state index in [9.17, 15) is 9.90 Å². The molecule has 34 heavy (non-hydrogen) atoms. The molecule has 1 saturated heterocycles. The molecule has 0 bridgehead atoms. The second-order valence-corrected chi connectivity index (χ2v) is 9.00. The Hall–Kier alpha value is -3.63. The molecule has 1 fully saturated rings. The van der Waals surface area contributed by atoms with Crippen molar-refractivity contribution in [1.29, 1.82) is 0 Å². The van der Waals surface area contributed by atoms with E-state index in [4.69, 9.17) is 4.74 Å². The number of carbonyl (C=O) groups is 1. The number of rotatable bonds is 7. The summed E-state index contributed by atoms with van der Waals surface area (Å²) in [5.41, 5.74) is 3.51. The van der Waals surface area contributed by atoms with Crippen molar-refractivity contribution in [1.82, 2.24) is 4.90 Å². The maximum absolute atomic E-state index is 11.5. The van der Waals surface area contributed by atoms with E-state index in [1.165, 1.54) is 16.3 Å². The number of likely N-dealkylation sites (tertiary alicyclic amines) is 1. The minimum absolute atomic E-state index is 0.0413. The van der Waals surface area contributed by atoms with Crippen molar-refractivity contribution in [2.75, 3.05) is 13.1 Å². The van der Waals surface area contributed by atoms with E-state index in [2.05, 4.69) is 71.6 Å². The highest BCUT2D eigenvalue weighted by atomic mass is 16.5. The number of nitrogens with zero attached hydrogens (tertiary/aromatic N) is 1. The van der Waals surface area contributed by atoms with Crippen LogP contribution in [0.3, 0.4) is 0 Å². The minimum Gasteiger partial charge on any atom is -0.489 e. The van der Waals surface area contributed by atoms with Crippen LogP contribution in [-0.4, -0.2) is 29.1 Å². The lowest BCUT2D eigenvalue weighted by Gasteiger charge is -2.37. The predicted molar refractivity (Wildman–Crippen MR) is 135 cm³/mol. The molecule has 0 radical (unpaired) electrons. The van der Waals surface area contributed by atoms with Crippen LogP contribution in [0, 0.1) is 5.92 Å². The maximum atomic E-state index is 11.5. The molecule has 0 aromatic heterocycles. The van der Waals surface area contributed by atoms with Gasteiger partial charge < -0.3 is 9.84 Å². The Bertz CT molecular complexity index is 1260. The number of piperidine rings is 1. The van der Waals surface area contributed by atoms with E-state index >= 15 is 0 Å². The first-order valence-electron chi connectivity index (χ1n) is 11.9. The highest BCUT2D eigenvalue weighted by Crippen LogP contribution is 2.35. The van der Waals surface area contributed by atoms with Gasteiger partial charge in [0.05, 0.1) is 12.0 Å². The van der Waals surface area contributed by atoms with Crippen LogP contribution < -0.4 is 4.74 Å². The number of hydrogen-bond acceptors (Lipinski definition) is 3. The van der Waals surface area contributed by atoms with E-state index in [1.807, 2.05) is 30.3 Å². The number of hydrogen-bond donors (Lipinski definition) is 1. The highest BCUT2D eigenvalue weighted by molar-refractivity contribution is 5.83. The standard InChI is InChI=1S/C30H29NO3/c32-30(33)24-15-17-31(18-16-24)29(27-14-13-23-9-4-5-10-25(23)19-27)26-11-6-12-28(20-26)34-21-22-7-2-1-3-8-22/h1-14,19-20,24,29H,15-18,21H2,(H,32,33). The van der Waals surface area contributed by atoms with Gasteiger partial charge >= 0.3 is 5.97 Å². The predicted octanol–water partition coefficient (Wildman–Crippen LogP) is 6.30. The molecule has 1 heterocycles. The second-order valence-electron chi connectivity index (χ2n) is 9.00. The quantitative estimate of drug-likeness (QED) is 0.358. The molecule has 1 aliphatic rings. The fraction of sp³-hybridized carbons (Fsp3) is 0.233. The number of benzene rings is 4. The molecule has 4 aromatic carbocycles. The zero-order chi connectivity index (χ0) is 23.3. The van der Waals surface area contributed by atoms with Crippen molar-refractivity contribution in [3.05, 3.63) is 114 Å². The summed E-state index contributed by atoms with van der Waals surface area (Å²) in [5.74, 6) is -0.0974. The third-order valence-corrected chi connectivity index (χ3v) is 6.76. The zero-order valence-electron chi connectivity index (χ0n) is 19.1. The van der Waals surface area contributed by atoms with Crippen molar-refractivity contribution in [3.8, 4) is 5.75 Å². The van der Waals surface area contributed by atoms with Gasteiger partial charge in [-0.25, -0.2) is 0 Å². The van der Waals surface area contributed by atoms with Gasteiger partial charge in [0.2, 0.25) is 0 Å². The van der Waals surface area contributed by atoms with Gasteiger partial charge in [-0.15, -0.1) is 0 Å². The number of carboxylic acid groups (broad SMARTS) is 1. The topological polar surface area (TPSA) is 49.8 Å². The van der Waals surface area contributed by atoms with Gasteiger partial charge in [0.1, 0.15) is 12.4 Å². The summed E-state index contributed by atoms with van der Waals surface area (Å²) in [6.07, 6.45) is 1.34. The number of ether oxygens (including phenoxy) is 1. The van der Waals surface area contributed by atoms with Gasteiger partial charge in [-0.3, -0.25) is 9.69 Å². The summed E-state index contributed by atoms with van der Waals surface area (Å²) in [4.78, 5) is 13.9. The van der Waals surface area contributed by atoms with Gasteiger partial charge in [0.15, 0.2) is 0 Å². The van der Waals surface area contributed by atoms with Gasteiger partial charge in [0.25, 0.3) is 0 Å². The van der Waals surface area contributed by atoms with Crippen LogP contribution in [0.2, 0.25) is 0 Å². The Morgan fingerprint density at radius 3 is 2.29 bits per heavy atom. The molecule has 1 atom stereocenters. The largest absolute Gasteiger partial charge is 0.489 e. The summed E-state index contributed by atoms with van der Waals surface area (Å²) < 4.78 is 6.13. The summed E-state index contributed by atoms with van der Waals surface area (Å²) in [5, 5.41) is 11.9. The zero-order valence-corrected chi connectivity index (χ0v) is 19.1. The Morgan fingerprint density at radius 2 is 1.53 bits per heavy atom. The van der Waals surface area contributed by atoms with Crippen LogP contribution in [0.1, 0.15) is 35.6 Å².